The van der Waals surface area contributed by atoms with Crippen LogP contribution in [0.1, 0.15) is 25.5 Å². The van der Waals surface area contributed by atoms with Gasteiger partial charge in [0.15, 0.2) is 0 Å². The van der Waals surface area contributed by atoms with E-state index >= 15 is 0 Å². The van der Waals surface area contributed by atoms with E-state index in [9.17, 15) is 9.18 Å². The smallest absolute Gasteiger partial charge is 0.407 e. The van der Waals surface area contributed by atoms with Crippen LogP contribution < -0.4 is 10.1 Å². The number of rotatable bonds is 2. The van der Waals surface area contributed by atoms with Gasteiger partial charge in [-0.25, -0.2) is 9.18 Å². The number of carbonyl (C=O) groups excluding carboxylic acids is 1. The summed E-state index contributed by atoms with van der Waals surface area (Å²) in [7, 11) is 1.48. The van der Waals surface area contributed by atoms with Crippen LogP contribution in [-0.2, 0) is 4.74 Å². The van der Waals surface area contributed by atoms with Crippen molar-refractivity contribution in [3.8, 4) is 5.75 Å². The van der Waals surface area contributed by atoms with E-state index in [0.29, 0.717) is 12.4 Å². The average molecular weight is 253 g/mol. The highest BCUT2D eigenvalue weighted by Gasteiger charge is 2.39. The second-order valence-electron chi connectivity index (χ2n) is 5.03. The highest BCUT2D eigenvalue weighted by Crippen LogP contribution is 2.40. The molecule has 1 amide bonds. The van der Waals surface area contributed by atoms with Crippen molar-refractivity contribution >= 4 is 6.09 Å². The Kier molecular flexibility index (Phi) is 3.15. The first kappa shape index (κ1) is 12.7. The lowest BCUT2D eigenvalue weighted by molar-refractivity contribution is 0.0381. The summed E-state index contributed by atoms with van der Waals surface area (Å²) in [5, 5.41) is 2.75. The quantitative estimate of drug-likeness (QED) is 0.881. The van der Waals surface area contributed by atoms with Crippen molar-refractivity contribution in [2.75, 3.05) is 13.7 Å². The van der Waals surface area contributed by atoms with Crippen LogP contribution in [-0.4, -0.2) is 19.8 Å². The topological polar surface area (TPSA) is 47.6 Å². The highest BCUT2D eigenvalue weighted by atomic mass is 19.1. The van der Waals surface area contributed by atoms with Gasteiger partial charge in [-0.05, 0) is 6.07 Å². The molecule has 0 saturated carbocycles. The lowest BCUT2D eigenvalue weighted by Crippen LogP contribution is -2.47. The number of hydrogen-bond donors (Lipinski definition) is 1. The van der Waals surface area contributed by atoms with Crippen molar-refractivity contribution in [3.05, 3.63) is 29.6 Å². The second kappa shape index (κ2) is 4.48. The van der Waals surface area contributed by atoms with E-state index in [4.69, 9.17) is 9.47 Å². The highest BCUT2D eigenvalue weighted by molar-refractivity contribution is 5.69. The third-order valence-corrected chi connectivity index (χ3v) is 3.13. The van der Waals surface area contributed by atoms with Crippen LogP contribution in [0.3, 0.4) is 0 Å². The number of methoxy groups -OCH3 is 1. The minimum Gasteiger partial charge on any atom is -0.496 e. The van der Waals surface area contributed by atoms with Crippen LogP contribution in [0.2, 0.25) is 0 Å². The van der Waals surface area contributed by atoms with Crippen molar-refractivity contribution in [2.24, 2.45) is 5.41 Å². The summed E-state index contributed by atoms with van der Waals surface area (Å²) in [6.45, 7) is 4.25. The second-order valence-corrected chi connectivity index (χ2v) is 5.03. The van der Waals surface area contributed by atoms with Crippen LogP contribution in [0.15, 0.2) is 18.2 Å². The van der Waals surface area contributed by atoms with Crippen LogP contribution in [0.25, 0.3) is 0 Å². The number of hydrogen-bond acceptors (Lipinski definition) is 3. The maximum Gasteiger partial charge on any atom is 0.407 e. The van der Waals surface area contributed by atoms with Crippen molar-refractivity contribution < 1.29 is 18.7 Å². The largest absolute Gasteiger partial charge is 0.496 e. The first-order valence-electron chi connectivity index (χ1n) is 5.71. The SMILES string of the molecule is COc1cc(F)ccc1[C@H]1NC(=O)OCC1(C)C. The van der Waals surface area contributed by atoms with Crippen molar-refractivity contribution in [2.45, 2.75) is 19.9 Å². The maximum atomic E-state index is 13.2. The van der Waals surface area contributed by atoms with Crippen molar-refractivity contribution in [1.29, 1.82) is 0 Å². The molecule has 0 spiro atoms. The molecule has 0 aromatic heterocycles. The van der Waals surface area contributed by atoms with Crippen LogP contribution in [0, 0.1) is 11.2 Å². The fourth-order valence-electron chi connectivity index (χ4n) is 2.11. The predicted octanol–water partition coefficient (Wildman–Crippen LogP) is 2.64. The number of halogens is 1. The molecule has 1 aliphatic heterocycles. The molecule has 5 heteroatoms. The monoisotopic (exact) mass is 253 g/mol. The molecule has 0 unspecified atom stereocenters. The Morgan fingerprint density at radius 2 is 2.22 bits per heavy atom. The third kappa shape index (κ3) is 2.25. The van der Waals surface area contributed by atoms with E-state index in [1.807, 2.05) is 13.8 Å². The Morgan fingerprint density at radius 3 is 2.89 bits per heavy atom. The van der Waals surface area contributed by atoms with Crippen LogP contribution >= 0.6 is 0 Å². The molecule has 1 atom stereocenters. The van der Waals surface area contributed by atoms with Gasteiger partial charge >= 0.3 is 6.09 Å². The zero-order valence-corrected chi connectivity index (χ0v) is 10.6. The molecular formula is C13H16FNO3. The number of alkyl carbamates (subject to hydrolysis) is 1. The molecule has 0 bridgehead atoms. The Hall–Kier alpha value is -1.78. The summed E-state index contributed by atoms with van der Waals surface area (Å²) < 4.78 is 23.3. The fraction of sp³-hybridized carbons (Fsp3) is 0.462. The summed E-state index contributed by atoms with van der Waals surface area (Å²) in [4.78, 5) is 11.4. The molecule has 0 radical (unpaired) electrons. The Labute approximate surface area is 105 Å². The van der Waals surface area contributed by atoms with E-state index < -0.39 is 6.09 Å². The first-order chi connectivity index (χ1) is 8.44. The van der Waals surface area contributed by atoms with Gasteiger partial charge in [0.2, 0.25) is 0 Å². The van der Waals surface area contributed by atoms with E-state index in [0.717, 1.165) is 5.56 Å². The third-order valence-electron chi connectivity index (χ3n) is 3.13. The molecular weight excluding hydrogens is 237 g/mol. The van der Waals surface area contributed by atoms with E-state index in [1.165, 1.54) is 19.2 Å². The zero-order valence-electron chi connectivity index (χ0n) is 10.6. The summed E-state index contributed by atoms with van der Waals surface area (Å²) in [6, 6.07) is 4.03. The van der Waals surface area contributed by atoms with E-state index in [2.05, 4.69) is 5.32 Å². The average Bonchev–Trinajstić information content (AvgIpc) is 2.32. The number of benzene rings is 1. The fourth-order valence-corrected chi connectivity index (χ4v) is 2.11. The molecule has 98 valence electrons. The number of ether oxygens (including phenoxy) is 2. The van der Waals surface area contributed by atoms with E-state index in [1.54, 1.807) is 6.07 Å². The summed E-state index contributed by atoms with van der Waals surface area (Å²) in [6.07, 6.45) is -0.467. The summed E-state index contributed by atoms with van der Waals surface area (Å²) >= 11 is 0. The van der Waals surface area contributed by atoms with Gasteiger partial charge < -0.3 is 14.8 Å². The Balaban J connectivity index is 2.42. The molecule has 1 aromatic carbocycles. The predicted molar refractivity (Wildman–Crippen MR) is 64.0 cm³/mol. The van der Waals surface area contributed by atoms with Gasteiger partial charge in [-0.1, -0.05) is 19.9 Å². The maximum absolute atomic E-state index is 13.2. The standard InChI is InChI=1S/C13H16FNO3/c1-13(2)7-18-12(16)15-11(13)9-5-4-8(14)6-10(9)17-3/h4-6,11H,7H2,1-3H3,(H,15,16)/t11-/m1/s1. The molecule has 1 N–H and O–H groups in total. The minimum atomic E-state index is -0.467. The van der Waals surface area contributed by atoms with Gasteiger partial charge in [0, 0.05) is 17.0 Å². The van der Waals surface area contributed by atoms with Gasteiger partial charge in [0.05, 0.1) is 13.2 Å². The molecule has 1 aliphatic rings. The Bertz CT molecular complexity index is 473. The summed E-state index contributed by atoms with van der Waals surface area (Å²) in [5.41, 5.74) is 0.458. The summed E-state index contributed by atoms with van der Waals surface area (Å²) in [5.74, 6) is 0.0575. The van der Waals surface area contributed by atoms with Gasteiger partial charge in [-0.15, -0.1) is 0 Å². The Morgan fingerprint density at radius 1 is 1.50 bits per heavy atom. The molecule has 18 heavy (non-hydrogen) atoms. The lowest BCUT2D eigenvalue weighted by Gasteiger charge is -2.39. The van der Waals surface area contributed by atoms with Crippen molar-refractivity contribution in [3.63, 3.8) is 0 Å². The lowest BCUT2D eigenvalue weighted by atomic mass is 9.80. The number of carbonyl (C=O) groups is 1. The van der Waals surface area contributed by atoms with Gasteiger partial charge in [0.1, 0.15) is 18.2 Å². The molecule has 1 heterocycles. The van der Waals surface area contributed by atoms with Crippen LogP contribution in [0.4, 0.5) is 9.18 Å². The van der Waals surface area contributed by atoms with Crippen LogP contribution in [0.5, 0.6) is 5.75 Å². The number of amides is 1. The van der Waals surface area contributed by atoms with Gasteiger partial charge in [0.25, 0.3) is 0 Å². The van der Waals surface area contributed by atoms with Crippen molar-refractivity contribution in [1.82, 2.24) is 5.32 Å². The molecule has 1 saturated heterocycles. The normalized spacial score (nSPS) is 22.0. The first-order valence-corrected chi connectivity index (χ1v) is 5.71. The molecule has 0 aliphatic carbocycles. The molecule has 1 fully saturated rings. The minimum absolute atomic E-state index is 0.269. The molecule has 4 nitrogen and oxygen atoms in total. The van der Waals surface area contributed by atoms with E-state index in [-0.39, 0.29) is 17.3 Å². The van der Waals surface area contributed by atoms with Gasteiger partial charge in [-0.2, -0.15) is 0 Å². The number of nitrogens with one attached hydrogen (secondary N) is 1. The molecule has 1 aromatic rings. The zero-order chi connectivity index (χ0) is 13.3. The number of cyclic esters (lactones) is 1. The molecule has 2 rings (SSSR count). The van der Waals surface area contributed by atoms with Gasteiger partial charge in [-0.3, -0.25) is 0 Å².